The number of aromatic hydroxyl groups is 2. The molecule has 0 unspecified atom stereocenters. The summed E-state index contributed by atoms with van der Waals surface area (Å²) in [6.45, 7) is 8.96. The van der Waals surface area contributed by atoms with Crippen LogP contribution in [-0.4, -0.2) is 21.4 Å². The smallest absolute Gasteiger partial charge is 0.297 e. The monoisotopic (exact) mass is 385 g/mol. The topological polar surface area (TPSA) is 71.7 Å². The van der Waals surface area contributed by atoms with Crippen molar-refractivity contribution in [1.82, 2.24) is 4.57 Å². The Hall–Kier alpha value is -2.69. The van der Waals surface area contributed by atoms with Crippen LogP contribution in [0.5, 0.6) is 17.2 Å². The SMILES string of the molecule is CCCCn1c(=O)c(OC/C=C(\C)CCC=C(C)C)c(O)c2ccc(O)cc21. The van der Waals surface area contributed by atoms with Crippen LogP contribution < -0.4 is 10.3 Å². The van der Waals surface area contributed by atoms with Gasteiger partial charge in [0.05, 0.1) is 5.52 Å². The molecule has 0 aliphatic rings. The van der Waals surface area contributed by atoms with E-state index in [4.69, 9.17) is 4.74 Å². The Kier molecular flexibility index (Phi) is 7.73. The van der Waals surface area contributed by atoms with E-state index in [1.165, 1.54) is 23.3 Å². The van der Waals surface area contributed by atoms with Gasteiger partial charge in [-0.05, 0) is 58.2 Å². The Bertz CT molecular complexity index is 934. The summed E-state index contributed by atoms with van der Waals surface area (Å²) in [6.07, 6.45) is 7.78. The van der Waals surface area contributed by atoms with Crippen LogP contribution in [0, 0.1) is 0 Å². The van der Waals surface area contributed by atoms with Gasteiger partial charge < -0.3 is 19.5 Å². The van der Waals surface area contributed by atoms with Crippen LogP contribution in [0.3, 0.4) is 0 Å². The summed E-state index contributed by atoms with van der Waals surface area (Å²) >= 11 is 0. The highest BCUT2D eigenvalue weighted by atomic mass is 16.5. The first kappa shape index (κ1) is 21.6. The number of rotatable bonds is 9. The Morgan fingerprint density at radius 2 is 1.93 bits per heavy atom. The first-order valence-corrected chi connectivity index (χ1v) is 9.85. The van der Waals surface area contributed by atoms with Crippen molar-refractivity contribution in [3.8, 4) is 17.2 Å². The molecule has 152 valence electrons. The number of aryl methyl sites for hydroxylation is 1. The van der Waals surface area contributed by atoms with Crippen LogP contribution in [-0.2, 0) is 6.54 Å². The Morgan fingerprint density at radius 1 is 1.18 bits per heavy atom. The van der Waals surface area contributed by atoms with E-state index >= 15 is 0 Å². The molecule has 1 aromatic carbocycles. The first-order chi connectivity index (χ1) is 13.3. The number of hydrogen-bond donors (Lipinski definition) is 2. The molecular formula is C23H31NO4. The van der Waals surface area contributed by atoms with Gasteiger partial charge in [0.25, 0.3) is 5.56 Å². The van der Waals surface area contributed by atoms with Gasteiger partial charge >= 0.3 is 0 Å². The molecule has 0 saturated carbocycles. The summed E-state index contributed by atoms with van der Waals surface area (Å²) in [5, 5.41) is 20.9. The van der Waals surface area contributed by atoms with Gasteiger partial charge in [-0.25, -0.2) is 0 Å². The molecule has 1 heterocycles. The van der Waals surface area contributed by atoms with Gasteiger partial charge in [-0.1, -0.05) is 30.6 Å². The molecule has 2 rings (SSSR count). The third-order valence-electron chi connectivity index (χ3n) is 4.67. The summed E-state index contributed by atoms with van der Waals surface area (Å²) in [6, 6.07) is 4.60. The molecule has 1 aromatic heterocycles. The molecule has 0 aliphatic carbocycles. The molecule has 2 aromatic rings. The van der Waals surface area contributed by atoms with Crippen LogP contribution >= 0.6 is 0 Å². The van der Waals surface area contributed by atoms with Gasteiger partial charge in [0.1, 0.15) is 12.4 Å². The predicted octanol–water partition coefficient (Wildman–Crippen LogP) is 5.28. The molecule has 5 heteroatoms. The minimum absolute atomic E-state index is 0.0392. The van der Waals surface area contributed by atoms with Gasteiger partial charge in [0, 0.05) is 18.0 Å². The second-order valence-corrected chi connectivity index (χ2v) is 7.37. The number of ether oxygens (including phenoxy) is 1. The minimum atomic E-state index is -0.375. The molecule has 2 N–H and O–H groups in total. The Labute approximate surface area is 166 Å². The van der Waals surface area contributed by atoms with Gasteiger partial charge in [0.2, 0.25) is 5.75 Å². The lowest BCUT2D eigenvalue weighted by molar-refractivity contribution is 0.328. The lowest BCUT2D eigenvalue weighted by Crippen LogP contribution is -2.23. The Balaban J connectivity index is 2.30. The maximum absolute atomic E-state index is 12.9. The number of phenolic OH excluding ortho intramolecular Hbond substituents is 1. The maximum Gasteiger partial charge on any atom is 0.297 e. The number of fused-ring (bicyclic) bond motifs is 1. The minimum Gasteiger partial charge on any atom is -0.508 e. The quantitative estimate of drug-likeness (QED) is 0.576. The Morgan fingerprint density at radius 3 is 2.61 bits per heavy atom. The third kappa shape index (κ3) is 5.41. The molecule has 0 radical (unpaired) electrons. The van der Waals surface area contributed by atoms with Crippen molar-refractivity contribution in [2.75, 3.05) is 6.61 Å². The fraction of sp³-hybridized carbons (Fsp3) is 0.435. The van der Waals surface area contributed by atoms with E-state index in [2.05, 4.69) is 19.9 Å². The van der Waals surface area contributed by atoms with Crippen LogP contribution in [0.2, 0.25) is 0 Å². The van der Waals surface area contributed by atoms with Crippen molar-refractivity contribution in [3.05, 3.63) is 51.9 Å². The molecule has 0 bridgehead atoms. The van der Waals surface area contributed by atoms with Crippen LogP contribution in [0.25, 0.3) is 10.9 Å². The number of hydrogen-bond acceptors (Lipinski definition) is 4. The van der Waals surface area contributed by atoms with Crippen molar-refractivity contribution in [2.24, 2.45) is 0 Å². The molecule has 0 atom stereocenters. The van der Waals surface area contributed by atoms with E-state index in [1.807, 2.05) is 19.9 Å². The summed E-state index contributed by atoms with van der Waals surface area (Å²) in [7, 11) is 0. The van der Waals surface area contributed by atoms with E-state index in [9.17, 15) is 15.0 Å². The van der Waals surface area contributed by atoms with E-state index in [1.54, 1.807) is 10.6 Å². The third-order valence-corrected chi connectivity index (χ3v) is 4.67. The van der Waals surface area contributed by atoms with E-state index in [0.29, 0.717) is 17.4 Å². The normalized spacial score (nSPS) is 11.6. The zero-order valence-electron chi connectivity index (χ0n) is 17.3. The summed E-state index contributed by atoms with van der Waals surface area (Å²) in [4.78, 5) is 12.9. The second-order valence-electron chi connectivity index (χ2n) is 7.37. The second kappa shape index (κ2) is 10.0. The molecule has 0 aliphatic heterocycles. The number of allylic oxidation sites excluding steroid dienone is 3. The summed E-state index contributed by atoms with van der Waals surface area (Å²) in [5.41, 5.74) is 2.61. The number of aromatic nitrogens is 1. The average molecular weight is 386 g/mol. The lowest BCUT2D eigenvalue weighted by atomic mass is 10.1. The standard InChI is InChI=1S/C23H31NO4/c1-5-6-13-24-20-15-18(25)10-11-19(20)21(26)22(23(24)27)28-14-12-17(4)9-7-8-16(2)3/h8,10-12,15,25-26H,5-7,9,13-14H2,1-4H3/b17-12+. The highest BCUT2D eigenvalue weighted by molar-refractivity contribution is 5.88. The number of pyridine rings is 1. The average Bonchev–Trinajstić information content (AvgIpc) is 2.64. The first-order valence-electron chi connectivity index (χ1n) is 9.85. The largest absolute Gasteiger partial charge is 0.508 e. The zero-order chi connectivity index (χ0) is 20.7. The molecule has 28 heavy (non-hydrogen) atoms. The van der Waals surface area contributed by atoms with Gasteiger partial charge in [-0.3, -0.25) is 4.79 Å². The van der Waals surface area contributed by atoms with Crippen molar-refractivity contribution in [1.29, 1.82) is 0 Å². The van der Waals surface area contributed by atoms with Crippen molar-refractivity contribution < 1.29 is 14.9 Å². The van der Waals surface area contributed by atoms with Crippen molar-refractivity contribution in [2.45, 2.75) is 59.9 Å². The number of unbranched alkanes of at least 4 members (excludes halogenated alkanes) is 1. The zero-order valence-corrected chi connectivity index (χ0v) is 17.3. The molecule has 0 amide bonds. The highest BCUT2D eigenvalue weighted by Crippen LogP contribution is 2.33. The highest BCUT2D eigenvalue weighted by Gasteiger charge is 2.17. The molecular weight excluding hydrogens is 354 g/mol. The maximum atomic E-state index is 12.9. The predicted molar refractivity (Wildman–Crippen MR) is 114 cm³/mol. The van der Waals surface area contributed by atoms with Crippen LogP contribution in [0.1, 0.15) is 53.4 Å². The van der Waals surface area contributed by atoms with Gasteiger partial charge in [0.15, 0.2) is 5.75 Å². The van der Waals surface area contributed by atoms with E-state index in [-0.39, 0.29) is 29.4 Å². The lowest BCUT2D eigenvalue weighted by Gasteiger charge is -2.15. The fourth-order valence-electron chi connectivity index (χ4n) is 3.03. The molecule has 0 saturated heterocycles. The van der Waals surface area contributed by atoms with Crippen molar-refractivity contribution in [3.63, 3.8) is 0 Å². The molecule has 0 fully saturated rings. The summed E-state index contributed by atoms with van der Waals surface area (Å²) < 4.78 is 7.26. The number of nitrogens with zero attached hydrogens (tertiary/aromatic N) is 1. The molecule has 5 nitrogen and oxygen atoms in total. The van der Waals surface area contributed by atoms with Crippen molar-refractivity contribution >= 4 is 10.9 Å². The number of benzene rings is 1. The van der Waals surface area contributed by atoms with E-state index in [0.717, 1.165) is 25.7 Å². The van der Waals surface area contributed by atoms with E-state index < -0.39 is 0 Å². The molecule has 0 spiro atoms. The number of phenols is 1. The van der Waals surface area contributed by atoms with Crippen LogP contribution in [0.15, 0.2) is 46.3 Å². The fourth-order valence-corrected chi connectivity index (χ4v) is 3.03. The van der Waals surface area contributed by atoms with Crippen LogP contribution in [0.4, 0.5) is 0 Å². The summed E-state index contributed by atoms with van der Waals surface area (Å²) in [5.74, 6) is -0.161. The van der Waals surface area contributed by atoms with Gasteiger partial charge in [-0.2, -0.15) is 0 Å². The van der Waals surface area contributed by atoms with Gasteiger partial charge in [-0.15, -0.1) is 0 Å².